The quantitative estimate of drug-likeness (QED) is 0.793. The lowest BCUT2D eigenvalue weighted by Gasteiger charge is -2.12. The molecule has 3 nitrogen and oxygen atoms in total. The Morgan fingerprint density at radius 1 is 1.17 bits per heavy atom. The van der Waals surface area contributed by atoms with Crippen molar-refractivity contribution in [1.82, 2.24) is 10.3 Å². The minimum Gasteiger partial charge on any atom is -0.383 e. The first kappa shape index (κ1) is 12.8. The first-order chi connectivity index (χ1) is 8.66. The molecule has 2 rings (SSSR count). The van der Waals surface area contributed by atoms with Crippen LogP contribution >= 0.6 is 0 Å². The molecule has 2 N–H and O–H groups in total. The van der Waals surface area contributed by atoms with Gasteiger partial charge in [-0.1, -0.05) is 32.0 Å². The molecule has 0 fully saturated rings. The fourth-order valence-electron chi connectivity index (χ4n) is 2.01. The van der Waals surface area contributed by atoms with Gasteiger partial charge in [-0.15, -0.1) is 0 Å². The van der Waals surface area contributed by atoms with Crippen LogP contribution in [0, 0.1) is 6.92 Å². The molecule has 0 saturated carbocycles. The Kier molecular flexibility index (Phi) is 4.15. The number of hydrogen-bond donors (Lipinski definition) is 2. The highest BCUT2D eigenvalue weighted by molar-refractivity contribution is 5.91. The van der Waals surface area contributed by atoms with Gasteiger partial charge in [0.15, 0.2) is 0 Å². The Bertz CT molecular complexity index is 520. The number of pyridine rings is 1. The summed E-state index contributed by atoms with van der Waals surface area (Å²) in [6.45, 7) is 8.24. The van der Waals surface area contributed by atoms with Crippen molar-refractivity contribution in [2.75, 3.05) is 18.4 Å². The smallest absolute Gasteiger partial charge is 0.0725 e. The SMILES string of the molecule is Cc1cc(NCCNC(C)C)c2ccccc2n1. The molecule has 0 atom stereocenters. The molecule has 0 saturated heterocycles. The zero-order valence-corrected chi connectivity index (χ0v) is 11.3. The lowest BCUT2D eigenvalue weighted by molar-refractivity contribution is 0.602. The van der Waals surface area contributed by atoms with Crippen LogP contribution < -0.4 is 10.6 Å². The number of aromatic nitrogens is 1. The number of anilines is 1. The molecule has 1 aromatic heterocycles. The maximum atomic E-state index is 4.54. The molecule has 96 valence electrons. The molecule has 3 heteroatoms. The highest BCUT2D eigenvalue weighted by atomic mass is 15.0. The largest absolute Gasteiger partial charge is 0.383 e. The predicted molar refractivity (Wildman–Crippen MR) is 78.1 cm³/mol. The Balaban J connectivity index is 2.12. The molecule has 0 bridgehead atoms. The van der Waals surface area contributed by atoms with Gasteiger partial charge < -0.3 is 10.6 Å². The highest BCUT2D eigenvalue weighted by Crippen LogP contribution is 2.22. The summed E-state index contributed by atoms with van der Waals surface area (Å²) < 4.78 is 0. The third kappa shape index (κ3) is 3.20. The van der Waals surface area contributed by atoms with E-state index in [1.165, 1.54) is 11.1 Å². The van der Waals surface area contributed by atoms with Gasteiger partial charge >= 0.3 is 0 Å². The van der Waals surface area contributed by atoms with Crippen molar-refractivity contribution in [2.24, 2.45) is 0 Å². The van der Waals surface area contributed by atoms with Gasteiger partial charge in [0.05, 0.1) is 5.52 Å². The van der Waals surface area contributed by atoms with Crippen LogP contribution in [-0.2, 0) is 0 Å². The summed E-state index contributed by atoms with van der Waals surface area (Å²) in [6, 6.07) is 10.9. The van der Waals surface area contributed by atoms with E-state index in [-0.39, 0.29) is 0 Å². The van der Waals surface area contributed by atoms with E-state index in [4.69, 9.17) is 0 Å². The normalized spacial score (nSPS) is 11.1. The van der Waals surface area contributed by atoms with Crippen LogP contribution in [0.5, 0.6) is 0 Å². The molecule has 0 aliphatic rings. The summed E-state index contributed by atoms with van der Waals surface area (Å²) in [5, 5.41) is 8.07. The van der Waals surface area contributed by atoms with E-state index < -0.39 is 0 Å². The maximum Gasteiger partial charge on any atom is 0.0725 e. The number of rotatable bonds is 5. The fourth-order valence-corrected chi connectivity index (χ4v) is 2.01. The summed E-state index contributed by atoms with van der Waals surface area (Å²) in [6.07, 6.45) is 0. The second kappa shape index (κ2) is 5.83. The molecular weight excluding hydrogens is 222 g/mol. The van der Waals surface area contributed by atoms with Gasteiger partial charge in [0.25, 0.3) is 0 Å². The number of hydrogen-bond acceptors (Lipinski definition) is 3. The van der Waals surface area contributed by atoms with Crippen LogP contribution in [0.2, 0.25) is 0 Å². The zero-order valence-electron chi connectivity index (χ0n) is 11.3. The third-order valence-electron chi connectivity index (χ3n) is 2.84. The van der Waals surface area contributed by atoms with Crippen molar-refractivity contribution in [1.29, 1.82) is 0 Å². The van der Waals surface area contributed by atoms with Crippen LogP contribution in [0.15, 0.2) is 30.3 Å². The van der Waals surface area contributed by atoms with Crippen molar-refractivity contribution < 1.29 is 0 Å². The molecular formula is C15H21N3. The lowest BCUT2D eigenvalue weighted by atomic mass is 10.1. The van der Waals surface area contributed by atoms with Crippen LogP contribution in [0.25, 0.3) is 10.9 Å². The summed E-state index contributed by atoms with van der Waals surface area (Å²) in [7, 11) is 0. The Labute approximate surface area is 109 Å². The topological polar surface area (TPSA) is 37.0 Å². The summed E-state index contributed by atoms with van der Waals surface area (Å²) in [5.41, 5.74) is 3.27. The van der Waals surface area contributed by atoms with E-state index >= 15 is 0 Å². The van der Waals surface area contributed by atoms with Gasteiger partial charge in [0.1, 0.15) is 0 Å². The number of aryl methyl sites for hydroxylation is 1. The van der Waals surface area contributed by atoms with E-state index in [0.29, 0.717) is 6.04 Å². The summed E-state index contributed by atoms with van der Waals surface area (Å²) >= 11 is 0. The number of nitrogens with one attached hydrogen (secondary N) is 2. The molecule has 0 aliphatic heterocycles. The van der Waals surface area contributed by atoms with Gasteiger partial charge in [0, 0.05) is 35.9 Å². The number of fused-ring (bicyclic) bond motifs is 1. The van der Waals surface area contributed by atoms with Gasteiger partial charge in [0.2, 0.25) is 0 Å². The van der Waals surface area contributed by atoms with Gasteiger partial charge in [-0.3, -0.25) is 4.98 Å². The van der Waals surface area contributed by atoms with Crippen molar-refractivity contribution in [2.45, 2.75) is 26.8 Å². The minimum absolute atomic E-state index is 0.530. The average Bonchev–Trinajstić information content (AvgIpc) is 2.34. The van der Waals surface area contributed by atoms with Crippen molar-refractivity contribution >= 4 is 16.6 Å². The third-order valence-corrected chi connectivity index (χ3v) is 2.84. The second-order valence-electron chi connectivity index (χ2n) is 4.86. The van der Waals surface area contributed by atoms with Crippen LogP contribution in [0.4, 0.5) is 5.69 Å². The predicted octanol–water partition coefficient (Wildman–Crippen LogP) is 2.95. The zero-order chi connectivity index (χ0) is 13.0. The average molecular weight is 243 g/mol. The van der Waals surface area contributed by atoms with Crippen LogP contribution in [0.1, 0.15) is 19.5 Å². The highest BCUT2D eigenvalue weighted by Gasteiger charge is 2.02. The van der Waals surface area contributed by atoms with E-state index in [1.807, 2.05) is 13.0 Å². The number of benzene rings is 1. The second-order valence-corrected chi connectivity index (χ2v) is 4.86. The van der Waals surface area contributed by atoms with E-state index in [0.717, 1.165) is 24.3 Å². The minimum atomic E-state index is 0.530. The summed E-state index contributed by atoms with van der Waals surface area (Å²) in [4.78, 5) is 4.54. The van der Waals surface area contributed by atoms with Gasteiger partial charge in [-0.2, -0.15) is 0 Å². The Morgan fingerprint density at radius 3 is 2.72 bits per heavy atom. The molecule has 1 heterocycles. The standard InChI is InChI=1S/C15H21N3/c1-11(2)16-8-9-17-15-10-12(3)18-14-7-5-4-6-13(14)15/h4-7,10-11,16H,8-9H2,1-3H3,(H,17,18). The van der Waals surface area contributed by atoms with Gasteiger partial charge in [-0.05, 0) is 19.1 Å². The van der Waals surface area contributed by atoms with Crippen molar-refractivity contribution in [3.63, 3.8) is 0 Å². The Morgan fingerprint density at radius 2 is 1.94 bits per heavy atom. The number of nitrogens with zero attached hydrogens (tertiary/aromatic N) is 1. The van der Waals surface area contributed by atoms with E-state index in [2.05, 4.69) is 53.7 Å². The lowest BCUT2D eigenvalue weighted by Crippen LogP contribution is -2.28. The van der Waals surface area contributed by atoms with E-state index in [9.17, 15) is 0 Å². The van der Waals surface area contributed by atoms with Crippen LogP contribution in [-0.4, -0.2) is 24.1 Å². The molecule has 0 radical (unpaired) electrons. The first-order valence-corrected chi connectivity index (χ1v) is 6.50. The van der Waals surface area contributed by atoms with Crippen molar-refractivity contribution in [3.8, 4) is 0 Å². The molecule has 2 aromatic rings. The maximum absolute atomic E-state index is 4.54. The Hall–Kier alpha value is -1.61. The van der Waals surface area contributed by atoms with Gasteiger partial charge in [-0.25, -0.2) is 0 Å². The first-order valence-electron chi connectivity index (χ1n) is 6.50. The molecule has 0 spiro atoms. The molecule has 0 aliphatic carbocycles. The monoisotopic (exact) mass is 243 g/mol. The molecule has 18 heavy (non-hydrogen) atoms. The van der Waals surface area contributed by atoms with Crippen LogP contribution in [0.3, 0.4) is 0 Å². The fraction of sp³-hybridized carbons (Fsp3) is 0.400. The molecule has 0 amide bonds. The van der Waals surface area contributed by atoms with E-state index in [1.54, 1.807) is 0 Å². The molecule has 1 aromatic carbocycles. The molecule has 0 unspecified atom stereocenters. The number of para-hydroxylation sites is 1. The van der Waals surface area contributed by atoms with Crippen molar-refractivity contribution in [3.05, 3.63) is 36.0 Å². The summed E-state index contributed by atoms with van der Waals surface area (Å²) in [5.74, 6) is 0.